The zero-order valence-corrected chi connectivity index (χ0v) is 13.2. The van der Waals surface area contributed by atoms with E-state index in [9.17, 15) is 18.4 Å². The molecule has 1 aromatic carbocycles. The molecule has 0 aliphatic carbocycles. The summed E-state index contributed by atoms with van der Waals surface area (Å²) >= 11 is 0. The predicted molar refractivity (Wildman–Crippen MR) is 84.7 cm³/mol. The molecule has 2 amide bonds. The Bertz CT molecular complexity index is 590. The molecule has 0 saturated carbocycles. The Hall–Kier alpha value is -2.44. The van der Waals surface area contributed by atoms with Gasteiger partial charge in [-0.15, -0.1) is 0 Å². The highest BCUT2D eigenvalue weighted by Gasteiger charge is 2.29. The molecule has 1 heterocycles. The number of nitrogens with zero attached hydrogens (tertiary/aromatic N) is 1. The van der Waals surface area contributed by atoms with Gasteiger partial charge in [-0.3, -0.25) is 9.59 Å². The van der Waals surface area contributed by atoms with E-state index in [4.69, 9.17) is 4.74 Å². The molecule has 1 fully saturated rings. The van der Waals surface area contributed by atoms with Crippen molar-refractivity contribution in [3.05, 3.63) is 42.5 Å². The highest BCUT2D eigenvalue weighted by atomic mass is 19.3. The topological polar surface area (TPSA) is 58.6 Å². The Kier molecular flexibility index (Phi) is 6.28. The number of benzene rings is 1. The molecule has 7 heteroatoms. The zero-order valence-electron chi connectivity index (χ0n) is 13.2. The van der Waals surface area contributed by atoms with Crippen LogP contribution in [-0.2, 0) is 16.1 Å². The first kappa shape index (κ1) is 17.9. The van der Waals surface area contributed by atoms with E-state index in [0.717, 1.165) is 5.56 Å². The maximum atomic E-state index is 12.1. The van der Waals surface area contributed by atoms with Crippen LogP contribution in [0.5, 0.6) is 5.75 Å². The molecule has 1 unspecified atom stereocenters. The SMILES string of the molecule is C=CC(=O)N1CCC(C(=O)NCc2ccc(OCC(F)F)cc2)C1. The monoisotopic (exact) mass is 338 g/mol. The molecule has 2 rings (SSSR count). The Morgan fingerprint density at radius 2 is 2.08 bits per heavy atom. The maximum Gasteiger partial charge on any atom is 0.272 e. The fourth-order valence-electron chi connectivity index (χ4n) is 2.50. The Morgan fingerprint density at radius 1 is 1.38 bits per heavy atom. The van der Waals surface area contributed by atoms with Crippen molar-refractivity contribution in [3.63, 3.8) is 0 Å². The van der Waals surface area contributed by atoms with Crippen LogP contribution in [0.25, 0.3) is 0 Å². The number of hydrogen-bond donors (Lipinski definition) is 1. The summed E-state index contributed by atoms with van der Waals surface area (Å²) in [6.07, 6.45) is -0.632. The van der Waals surface area contributed by atoms with E-state index < -0.39 is 13.0 Å². The van der Waals surface area contributed by atoms with Crippen LogP contribution in [0.1, 0.15) is 12.0 Å². The number of nitrogens with one attached hydrogen (secondary N) is 1. The minimum atomic E-state index is -2.51. The van der Waals surface area contributed by atoms with Gasteiger partial charge < -0.3 is 15.0 Å². The van der Waals surface area contributed by atoms with Gasteiger partial charge in [0.25, 0.3) is 6.43 Å². The molecule has 1 saturated heterocycles. The Balaban J connectivity index is 1.78. The smallest absolute Gasteiger partial charge is 0.272 e. The summed E-state index contributed by atoms with van der Waals surface area (Å²) in [5.41, 5.74) is 0.838. The van der Waals surface area contributed by atoms with Crippen molar-refractivity contribution < 1.29 is 23.1 Å². The molecule has 130 valence electrons. The van der Waals surface area contributed by atoms with Crippen molar-refractivity contribution in [2.75, 3.05) is 19.7 Å². The molecule has 1 aromatic rings. The summed E-state index contributed by atoms with van der Waals surface area (Å²) in [5, 5.41) is 2.82. The van der Waals surface area contributed by atoms with E-state index in [1.807, 2.05) is 0 Å². The van der Waals surface area contributed by atoms with E-state index in [0.29, 0.717) is 31.8 Å². The lowest BCUT2D eigenvalue weighted by Crippen LogP contribution is -2.33. The standard InChI is InChI=1S/C17H20F2N2O3/c1-2-16(22)21-8-7-13(10-21)17(23)20-9-12-3-5-14(6-4-12)24-11-15(18)19/h2-6,13,15H,1,7-11H2,(H,20,23). The molecular formula is C17H20F2N2O3. The number of hydrogen-bond acceptors (Lipinski definition) is 3. The molecule has 1 N–H and O–H groups in total. The largest absolute Gasteiger partial charge is 0.488 e. The third-order valence-electron chi connectivity index (χ3n) is 3.81. The lowest BCUT2D eigenvalue weighted by molar-refractivity contribution is -0.126. The van der Waals surface area contributed by atoms with Crippen molar-refractivity contribution >= 4 is 11.8 Å². The average Bonchev–Trinajstić information content (AvgIpc) is 3.08. The van der Waals surface area contributed by atoms with Crippen molar-refractivity contribution in [1.29, 1.82) is 0 Å². The van der Waals surface area contributed by atoms with Gasteiger partial charge in [-0.25, -0.2) is 8.78 Å². The van der Waals surface area contributed by atoms with Crippen molar-refractivity contribution in [1.82, 2.24) is 10.2 Å². The number of carbonyl (C=O) groups is 2. The van der Waals surface area contributed by atoms with Crippen LogP contribution in [-0.4, -0.2) is 42.8 Å². The van der Waals surface area contributed by atoms with Crippen LogP contribution in [0, 0.1) is 5.92 Å². The van der Waals surface area contributed by atoms with Gasteiger partial charge in [-0.2, -0.15) is 0 Å². The molecule has 1 aliphatic rings. The maximum absolute atomic E-state index is 12.1. The molecule has 0 aromatic heterocycles. The van der Waals surface area contributed by atoms with Gasteiger partial charge in [0.05, 0.1) is 5.92 Å². The summed E-state index contributed by atoms with van der Waals surface area (Å²) < 4.78 is 29.0. The third kappa shape index (κ3) is 5.04. The van der Waals surface area contributed by atoms with Crippen molar-refractivity contribution in [3.8, 4) is 5.75 Å². The number of alkyl halides is 2. The van der Waals surface area contributed by atoms with Gasteiger partial charge in [0.2, 0.25) is 11.8 Å². The zero-order chi connectivity index (χ0) is 17.5. The minimum Gasteiger partial charge on any atom is -0.488 e. The van der Waals surface area contributed by atoms with Gasteiger partial charge in [-0.1, -0.05) is 18.7 Å². The molecule has 1 aliphatic heterocycles. The highest BCUT2D eigenvalue weighted by Crippen LogP contribution is 2.17. The van der Waals surface area contributed by atoms with Crippen LogP contribution in [0.3, 0.4) is 0 Å². The van der Waals surface area contributed by atoms with Gasteiger partial charge >= 0.3 is 0 Å². The number of amides is 2. The van der Waals surface area contributed by atoms with Crippen LogP contribution in [0.2, 0.25) is 0 Å². The fraction of sp³-hybridized carbons (Fsp3) is 0.412. The second-order valence-electron chi connectivity index (χ2n) is 5.54. The third-order valence-corrected chi connectivity index (χ3v) is 3.81. The molecule has 5 nitrogen and oxygen atoms in total. The molecule has 0 bridgehead atoms. The molecule has 0 spiro atoms. The van der Waals surface area contributed by atoms with E-state index >= 15 is 0 Å². The quantitative estimate of drug-likeness (QED) is 0.774. The fourth-order valence-corrected chi connectivity index (χ4v) is 2.50. The van der Waals surface area contributed by atoms with Gasteiger partial charge in [0.1, 0.15) is 12.4 Å². The second-order valence-corrected chi connectivity index (χ2v) is 5.54. The van der Waals surface area contributed by atoms with E-state index in [2.05, 4.69) is 11.9 Å². The van der Waals surface area contributed by atoms with Gasteiger partial charge in [0.15, 0.2) is 0 Å². The van der Waals surface area contributed by atoms with Crippen LogP contribution in [0.4, 0.5) is 8.78 Å². The lowest BCUT2D eigenvalue weighted by Gasteiger charge is -2.14. The molecule has 24 heavy (non-hydrogen) atoms. The Morgan fingerprint density at radius 3 is 2.71 bits per heavy atom. The predicted octanol–water partition coefficient (Wildman–Crippen LogP) is 1.98. The number of ether oxygens (including phenoxy) is 1. The van der Waals surface area contributed by atoms with Gasteiger partial charge in [0, 0.05) is 19.6 Å². The first-order valence-corrected chi connectivity index (χ1v) is 7.68. The van der Waals surface area contributed by atoms with E-state index in [-0.39, 0.29) is 17.7 Å². The summed E-state index contributed by atoms with van der Waals surface area (Å²) in [6.45, 7) is 4.08. The summed E-state index contributed by atoms with van der Waals surface area (Å²) in [7, 11) is 0. The summed E-state index contributed by atoms with van der Waals surface area (Å²) in [5.74, 6) is -0.126. The number of rotatable bonds is 7. The molecule has 0 radical (unpaired) electrons. The first-order chi connectivity index (χ1) is 11.5. The molecular weight excluding hydrogens is 318 g/mol. The van der Waals surface area contributed by atoms with Gasteiger partial charge in [-0.05, 0) is 30.2 Å². The second kappa shape index (κ2) is 8.42. The average molecular weight is 338 g/mol. The number of halogens is 2. The Labute approximate surface area is 139 Å². The van der Waals surface area contributed by atoms with Crippen LogP contribution >= 0.6 is 0 Å². The van der Waals surface area contributed by atoms with Crippen molar-refractivity contribution in [2.24, 2.45) is 5.92 Å². The molecule has 1 atom stereocenters. The minimum absolute atomic E-state index is 0.104. The number of likely N-dealkylation sites (tertiary alicyclic amines) is 1. The van der Waals surface area contributed by atoms with Crippen molar-refractivity contribution in [2.45, 2.75) is 19.4 Å². The van der Waals surface area contributed by atoms with Crippen LogP contribution in [0.15, 0.2) is 36.9 Å². The van der Waals surface area contributed by atoms with Crippen LogP contribution < -0.4 is 10.1 Å². The lowest BCUT2D eigenvalue weighted by atomic mass is 10.1. The first-order valence-electron chi connectivity index (χ1n) is 7.68. The highest BCUT2D eigenvalue weighted by molar-refractivity contribution is 5.88. The normalized spacial score (nSPS) is 17.0. The van der Waals surface area contributed by atoms with E-state index in [1.165, 1.54) is 6.08 Å². The number of carbonyl (C=O) groups excluding carboxylic acids is 2. The van der Waals surface area contributed by atoms with E-state index in [1.54, 1.807) is 29.2 Å². The summed E-state index contributed by atoms with van der Waals surface area (Å²) in [6, 6.07) is 6.60. The summed E-state index contributed by atoms with van der Waals surface area (Å²) in [4.78, 5) is 25.2.